The summed E-state index contributed by atoms with van der Waals surface area (Å²) in [6.45, 7) is 1.97. The van der Waals surface area contributed by atoms with Crippen molar-refractivity contribution in [1.29, 1.82) is 0 Å². The molecular weight excluding hydrogens is 278 g/mol. The molecule has 0 aromatic heterocycles. The lowest BCUT2D eigenvalue weighted by Gasteiger charge is -2.29. The van der Waals surface area contributed by atoms with Crippen molar-refractivity contribution in [1.82, 2.24) is 10.6 Å². The van der Waals surface area contributed by atoms with Crippen LogP contribution in [0.2, 0.25) is 0 Å². The fourth-order valence-electron chi connectivity index (χ4n) is 2.58. The molecule has 22 heavy (non-hydrogen) atoms. The molecule has 0 bridgehead atoms. The Morgan fingerprint density at radius 2 is 1.82 bits per heavy atom. The van der Waals surface area contributed by atoms with E-state index in [2.05, 4.69) is 16.0 Å². The molecule has 1 heterocycles. The van der Waals surface area contributed by atoms with Gasteiger partial charge in [0.25, 0.3) is 11.8 Å². The zero-order valence-electron chi connectivity index (χ0n) is 12.4. The van der Waals surface area contributed by atoms with E-state index in [0.717, 1.165) is 16.8 Å². The summed E-state index contributed by atoms with van der Waals surface area (Å²) in [6, 6.07) is 12.8. The number of fused-ring (bicyclic) bond motifs is 1. The molecule has 1 unspecified atom stereocenters. The van der Waals surface area contributed by atoms with E-state index in [9.17, 15) is 9.59 Å². The number of hydrogen-bond donors (Lipinski definition) is 3. The molecule has 5 nitrogen and oxygen atoms in total. The molecule has 1 atom stereocenters. The average Bonchev–Trinajstić information content (AvgIpc) is 2.55. The monoisotopic (exact) mass is 295 g/mol. The minimum absolute atomic E-state index is 0.0992. The van der Waals surface area contributed by atoms with E-state index in [1.165, 1.54) is 0 Å². The summed E-state index contributed by atoms with van der Waals surface area (Å²) in [5.41, 5.74) is 4.02. The van der Waals surface area contributed by atoms with Crippen LogP contribution in [0.1, 0.15) is 38.0 Å². The van der Waals surface area contributed by atoms with E-state index >= 15 is 0 Å². The number of nitrogens with one attached hydrogen (secondary N) is 3. The van der Waals surface area contributed by atoms with Crippen LogP contribution in [-0.4, -0.2) is 18.9 Å². The lowest BCUT2D eigenvalue weighted by molar-refractivity contribution is 0.0932. The van der Waals surface area contributed by atoms with Crippen LogP contribution < -0.4 is 16.0 Å². The summed E-state index contributed by atoms with van der Waals surface area (Å²) >= 11 is 0. The molecule has 3 N–H and O–H groups in total. The van der Waals surface area contributed by atoms with Crippen LogP contribution in [0.3, 0.4) is 0 Å². The minimum atomic E-state index is -0.306. The molecule has 0 aliphatic carbocycles. The number of anilines is 1. The van der Waals surface area contributed by atoms with Gasteiger partial charge in [0.05, 0.1) is 11.3 Å². The highest BCUT2D eigenvalue weighted by Crippen LogP contribution is 2.29. The Morgan fingerprint density at radius 3 is 2.50 bits per heavy atom. The third-order valence-electron chi connectivity index (χ3n) is 3.81. The standard InChI is InChI=1S/C17H17N3O2/c1-10-4-3-5-13-14(10)19-15(20-17(13)22)11-6-8-12(9-7-11)16(21)18-2/h3-9,15,19H,1-2H3,(H,18,21)(H,20,22). The molecule has 2 amide bonds. The van der Waals surface area contributed by atoms with Gasteiger partial charge in [-0.25, -0.2) is 0 Å². The molecule has 1 aliphatic rings. The van der Waals surface area contributed by atoms with Crippen molar-refractivity contribution in [3.63, 3.8) is 0 Å². The fraction of sp³-hybridized carbons (Fsp3) is 0.176. The van der Waals surface area contributed by atoms with Gasteiger partial charge in [0, 0.05) is 12.6 Å². The van der Waals surface area contributed by atoms with Crippen molar-refractivity contribution in [2.24, 2.45) is 0 Å². The van der Waals surface area contributed by atoms with Gasteiger partial charge >= 0.3 is 0 Å². The second kappa shape index (κ2) is 5.52. The number of amides is 2. The highest BCUT2D eigenvalue weighted by atomic mass is 16.2. The predicted molar refractivity (Wildman–Crippen MR) is 84.8 cm³/mol. The van der Waals surface area contributed by atoms with Gasteiger partial charge in [-0.3, -0.25) is 9.59 Å². The second-order valence-corrected chi connectivity index (χ2v) is 5.25. The Balaban J connectivity index is 1.90. The van der Waals surface area contributed by atoms with Crippen LogP contribution in [0, 0.1) is 6.92 Å². The highest BCUT2D eigenvalue weighted by molar-refractivity contribution is 6.02. The topological polar surface area (TPSA) is 70.2 Å². The molecule has 2 aromatic rings. The molecule has 0 radical (unpaired) electrons. The smallest absolute Gasteiger partial charge is 0.255 e. The van der Waals surface area contributed by atoms with E-state index < -0.39 is 0 Å². The van der Waals surface area contributed by atoms with Gasteiger partial charge in [0.15, 0.2) is 0 Å². The molecule has 2 aromatic carbocycles. The Kier molecular flexibility index (Phi) is 3.55. The van der Waals surface area contributed by atoms with Crippen molar-refractivity contribution in [3.05, 3.63) is 64.7 Å². The lowest BCUT2D eigenvalue weighted by Crippen LogP contribution is -2.38. The first-order valence-corrected chi connectivity index (χ1v) is 7.09. The van der Waals surface area contributed by atoms with E-state index in [-0.39, 0.29) is 18.0 Å². The van der Waals surface area contributed by atoms with Crippen molar-refractivity contribution in [3.8, 4) is 0 Å². The minimum Gasteiger partial charge on any atom is -0.361 e. The highest BCUT2D eigenvalue weighted by Gasteiger charge is 2.25. The van der Waals surface area contributed by atoms with Crippen LogP contribution in [0.15, 0.2) is 42.5 Å². The van der Waals surface area contributed by atoms with Crippen LogP contribution in [0.4, 0.5) is 5.69 Å². The zero-order chi connectivity index (χ0) is 15.7. The second-order valence-electron chi connectivity index (χ2n) is 5.25. The average molecular weight is 295 g/mol. The van der Waals surface area contributed by atoms with Gasteiger partial charge in [0.2, 0.25) is 0 Å². The van der Waals surface area contributed by atoms with Gasteiger partial charge in [-0.15, -0.1) is 0 Å². The van der Waals surface area contributed by atoms with Crippen LogP contribution >= 0.6 is 0 Å². The van der Waals surface area contributed by atoms with E-state index in [0.29, 0.717) is 11.1 Å². The van der Waals surface area contributed by atoms with Crippen molar-refractivity contribution >= 4 is 17.5 Å². The number of para-hydroxylation sites is 1. The molecule has 0 saturated carbocycles. The summed E-state index contributed by atoms with van der Waals surface area (Å²) in [4.78, 5) is 23.8. The molecule has 5 heteroatoms. The predicted octanol–water partition coefficient (Wildman–Crippen LogP) is 2.21. The number of hydrogen-bond acceptors (Lipinski definition) is 3. The van der Waals surface area contributed by atoms with Gasteiger partial charge in [-0.1, -0.05) is 24.3 Å². The third-order valence-corrected chi connectivity index (χ3v) is 3.81. The van der Waals surface area contributed by atoms with Gasteiger partial charge in [-0.05, 0) is 36.2 Å². The van der Waals surface area contributed by atoms with E-state index in [4.69, 9.17) is 0 Å². The van der Waals surface area contributed by atoms with E-state index in [1.54, 1.807) is 25.2 Å². The maximum atomic E-state index is 12.2. The molecule has 112 valence electrons. The number of benzene rings is 2. The van der Waals surface area contributed by atoms with Crippen LogP contribution in [-0.2, 0) is 0 Å². The normalized spacial score (nSPS) is 16.3. The van der Waals surface area contributed by atoms with Crippen molar-refractivity contribution < 1.29 is 9.59 Å². The summed E-state index contributed by atoms with van der Waals surface area (Å²) < 4.78 is 0. The first-order chi connectivity index (χ1) is 10.6. The quantitative estimate of drug-likeness (QED) is 0.795. The van der Waals surface area contributed by atoms with Crippen molar-refractivity contribution in [2.45, 2.75) is 13.1 Å². The van der Waals surface area contributed by atoms with Crippen LogP contribution in [0.5, 0.6) is 0 Å². The Hall–Kier alpha value is -2.82. The number of carbonyl (C=O) groups is 2. The summed E-state index contributed by atoms with van der Waals surface area (Å²) in [5.74, 6) is -0.230. The Morgan fingerprint density at radius 1 is 1.09 bits per heavy atom. The Bertz CT molecular complexity index is 738. The van der Waals surface area contributed by atoms with Gasteiger partial charge in [0.1, 0.15) is 6.17 Å². The molecule has 3 rings (SSSR count). The SMILES string of the molecule is CNC(=O)c1ccc(C2NC(=O)c3cccc(C)c3N2)cc1. The largest absolute Gasteiger partial charge is 0.361 e. The maximum Gasteiger partial charge on any atom is 0.255 e. The molecule has 0 saturated heterocycles. The first-order valence-electron chi connectivity index (χ1n) is 7.09. The number of rotatable bonds is 2. The molecule has 1 aliphatic heterocycles. The van der Waals surface area contributed by atoms with E-state index in [1.807, 2.05) is 31.2 Å². The van der Waals surface area contributed by atoms with Gasteiger partial charge in [-0.2, -0.15) is 0 Å². The summed E-state index contributed by atoms with van der Waals surface area (Å²) in [6.07, 6.45) is -0.306. The fourth-order valence-corrected chi connectivity index (χ4v) is 2.58. The van der Waals surface area contributed by atoms with Gasteiger partial charge < -0.3 is 16.0 Å². The first kappa shape index (κ1) is 14.1. The lowest BCUT2D eigenvalue weighted by atomic mass is 10.0. The number of aryl methyl sites for hydroxylation is 1. The summed E-state index contributed by atoms with van der Waals surface area (Å²) in [7, 11) is 1.60. The zero-order valence-corrected chi connectivity index (χ0v) is 12.4. The Labute approximate surface area is 128 Å². The molecule has 0 spiro atoms. The summed E-state index contributed by atoms with van der Waals surface area (Å²) in [5, 5.41) is 8.85. The number of carbonyl (C=O) groups excluding carboxylic acids is 2. The molecule has 0 fully saturated rings. The third kappa shape index (κ3) is 2.41. The molecular formula is C17H17N3O2. The maximum absolute atomic E-state index is 12.2. The van der Waals surface area contributed by atoms with Crippen LogP contribution in [0.25, 0.3) is 0 Å². The van der Waals surface area contributed by atoms with Crippen molar-refractivity contribution in [2.75, 3.05) is 12.4 Å².